The quantitative estimate of drug-likeness (QED) is 0.500. The van der Waals surface area contributed by atoms with Crippen LogP contribution < -0.4 is 21.5 Å². The predicted octanol–water partition coefficient (Wildman–Crippen LogP) is 2.09. The summed E-state index contributed by atoms with van der Waals surface area (Å²) in [5.41, 5.74) is 0.698. The number of carbonyl (C=O) groups excluding carboxylic acids is 1. The highest BCUT2D eigenvalue weighted by molar-refractivity contribution is 6.00. The molecule has 0 radical (unpaired) electrons. The van der Waals surface area contributed by atoms with Crippen molar-refractivity contribution in [3.05, 3.63) is 46.5 Å². The van der Waals surface area contributed by atoms with Crippen molar-refractivity contribution in [3.8, 4) is 0 Å². The smallest absolute Gasteiger partial charge is 0.274 e. The molecule has 174 valence electrons. The first kappa shape index (κ1) is 21.4. The molecule has 3 atom stereocenters. The molecule has 3 aromatic heterocycles. The number of amides is 1. The zero-order valence-electron chi connectivity index (χ0n) is 18.3. The summed E-state index contributed by atoms with van der Waals surface area (Å²) in [6, 6.07) is 4.71. The van der Waals surface area contributed by atoms with Crippen molar-refractivity contribution in [1.29, 1.82) is 0 Å². The molecule has 33 heavy (non-hydrogen) atoms. The van der Waals surface area contributed by atoms with Crippen LogP contribution in [0.5, 0.6) is 0 Å². The summed E-state index contributed by atoms with van der Waals surface area (Å²) in [4.78, 5) is 30.1. The fourth-order valence-electron chi connectivity index (χ4n) is 4.01. The third-order valence-corrected chi connectivity index (χ3v) is 5.96. The van der Waals surface area contributed by atoms with Gasteiger partial charge in [-0.2, -0.15) is 9.61 Å². The molecule has 11 heteroatoms. The van der Waals surface area contributed by atoms with E-state index in [2.05, 4.69) is 26.0 Å². The van der Waals surface area contributed by atoms with Crippen molar-refractivity contribution < 1.29 is 13.9 Å². The Morgan fingerprint density at radius 2 is 2.21 bits per heavy atom. The molecule has 0 spiro atoms. The van der Waals surface area contributed by atoms with E-state index in [0.717, 1.165) is 25.9 Å². The van der Waals surface area contributed by atoms with Gasteiger partial charge in [-0.15, -0.1) is 0 Å². The van der Waals surface area contributed by atoms with Gasteiger partial charge in [0, 0.05) is 32.3 Å². The fraction of sp³-hybridized carbons (Fsp3) is 0.455. The van der Waals surface area contributed by atoms with E-state index >= 15 is 0 Å². The second-order valence-corrected chi connectivity index (χ2v) is 8.39. The topological polar surface area (TPSA) is 115 Å². The minimum absolute atomic E-state index is 0.0281. The van der Waals surface area contributed by atoms with Crippen molar-refractivity contribution in [2.24, 2.45) is 0 Å². The van der Waals surface area contributed by atoms with Gasteiger partial charge in [0.25, 0.3) is 11.5 Å². The van der Waals surface area contributed by atoms with Crippen LogP contribution in [0.15, 0.2) is 35.4 Å². The van der Waals surface area contributed by atoms with E-state index < -0.39 is 18.1 Å². The van der Waals surface area contributed by atoms with E-state index in [0.29, 0.717) is 35.9 Å². The maximum absolute atomic E-state index is 13.2. The van der Waals surface area contributed by atoms with E-state index in [1.54, 1.807) is 36.0 Å². The third-order valence-electron chi connectivity index (χ3n) is 5.96. The first-order valence-corrected chi connectivity index (χ1v) is 11.1. The van der Waals surface area contributed by atoms with Gasteiger partial charge >= 0.3 is 0 Å². The van der Waals surface area contributed by atoms with Gasteiger partial charge in [0.15, 0.2) is 5.65 Å². The molecule has 1 aliphatic heterocycles. The number of hydrogen-bond donors (Lipinski definition) is 3. The Labute approximate surface area is 189 Å². The number of aromatic nitrogens is 4. The normalized spacial score (nSPS) is 22.2. The summed E-state index contributed by atoms with van der Waals surface area (Å²) in [5.74, 6) is 0.513. The van der Waals surface area contributed by atoms with Crippen LogP contribution in [-0.4, -0.2) is 57.0 Å². The Balaban J connectivity index is 1.42. The lowest BCUT2D eigenvalue weighted by atomic mass is 10.1. The van der Waals surface area contributed by atoms with Gasteiger partial charge in [-0.3, -0.25) is 9.59 Å². The van der Waals surface area contributed by atoms with Gasteiger partial charge in [-0.1, -0.05) is 0 Å². The molecule has 0 bridgehead atoms. The molecule has 0 aromatic carbocycles. The first-order chi connectivity index (χ1) is 16.0. The maximum atomic E-state index is 13.2. The van der Waals surface area contributed by atoms with Crippen LogP contribution >= 0.6 is 0 Å². The van der Waals surface area contributed by atoms with Gasteiger partial charge in [0.1, 0.15) is 29.1 Å². The number of fused-ring (bicyclic) bond motifs is 1. The SMILES string of the molecule is CNc1cc(Nc2cccn(C[C@@H]3CCCCO3)c2=O)nc2c(C(=O)N[C@@H]3C[C@@H]3F)cnn12. The summed E-state index contributed by atoms with van der Waals surface area (Å²) >= 11 is 0. The monoisotopic (exact) mass is 455 g/mol. The van der Waals surface area contributed by atoms with Gasteiger partial charge in [-0.05, 0) is 31.4 Å². The molecule has 0 unspecified atom stereocenters. The van der Waals surface area contributed by atoms with Crippen LogP contribution in [0, 0.1) is 0 Å². The molecule has 2 aliphatic rings. The number of nitrogens with one attached hydrogen (secondary N) is 3. The Kier molecular flexibility index (Phi) is 5.71. The van der Waals surface area contributed by atoms with Gasteiger partial charge in [0.2, 0.25) is 0 Å². The number of nitrogens with zero attached hydrogens (tertiary/aromatic N) is 4. The molecule has 3 aromatic rings. The van der Waals surface area contributed by atoms with Crippen LogP contribution in [0.25, 0.3) is 5.65 Å². The lowest BCUT2D eigenvalue weighted by Gasteiger charge is -2.23. The lowest BCUT2D eigenvalue weighted by Crippen LogP contribution is -2.31. The summed E-state index contributed by atoms with van der Waals surface area (Å²) in [7, 11) is 1.72. The van der Waals surface area contributed by atoms with E-state index in [9.17, 15) is 14.0 Å². The predicted molar refractivity (Wildman–Crippen MR) is 121 cm³/mol. The van der Waals surface area contributed by atoms with Gasteiger partial charge < -0.3 is 25.3 Å². The molecule has 1 aliphatic carbocycles. The zero-order valence-corrected chi connectivity index (χ0v) is 18.3. The number of alkyl halides is 1. The van der Waals surface area contributed by atoms with Crippen molar-refractivity contribution in [3.63, 3.8) is 0 Å². The van der Waals surface area contributed by atoms with Crippen LogP contribution in [0.2, 0.25) is 0 Å². The number of pyridine rings is 1. The van der Waals surface area contributed by atoms with Gasteiger partial charge in [-0.25, -0.2) is 9.37 Å². The van der Waals surface area contributed by atoms with Crippen LogP contribution in [0.4, 0.5) is 21.7 Å². The molecular formula is C22H26FN7O3. The second kappa shape index (κ2) is 8.81. The van der Waals surface area contributed by atoms with E-state index in [4.69, 9.17) is 4.74 Å². The minimum atomic E-state index is -1.01. The molecule has 10 nitrogen and oxygen atoms in total. The number of anilines is 3. The van der Waals surface area contributed by atoms with E-state index in [-0.39, 0.29) is 17.2 Å². The zero-order chi connectivity index (χ0) is 22.9. The molecule has 2 fully saturated rings. The van der Waals surface area contributed by atoms with Gasteiger partial charge in [0.05, 0.1) is 24.9 Å². The minimum Gasteiger partial charge on any atom is -0.376 e. The fourth-order valence-corrected chi connectivity index (χ4v) is 4.01. The molecule has 1 saturated heterocycles. The van der Waals surface area contributed by atoms with Crippen molar-refractivity contribution in [2.45, 2.75) is 50.5 Å². The highest BCUT2D eigenvalue weighted by Gasteiger charge is 2.39. The Hall–Kier alpha value is -3.47. The highest BCUT2D eigenvalue weighted by Crippen LogP contribution is 2.26. The van der Waals surface area contributed by atoms with Crippen LogP contribution in [0.1, 0.15) is 36.0 Å². The molecule has 4 heterocycles. The molecular weight excluding hydrogens is 429 g/mol. The lowest BCUT2D eigenvalue weighted by molar-refractivity contribution is 0.00546. The second-order valence-electron chi connectivity index (χ2n) is 8.39. The van der Waals surface area contributed by atoms with E-state index in [1.807, 2.05) is 0 Å². The highest BCUT2D eigenvalue weighted by atomic mass is 19.1. The third kappa shape index (κ3) is 4.40. The van der Waals surface area contributed by atoms with Crippen LogP contribution in [-0.2, 0) is 11.3 Å². The van der Waals surface area contributed by atoms with Crippen molar-refractivity contribution in [2.75, 3.05) is 24.3 Å². The number of hydrogen-bond acceptors (Lipinski definition) is 7. The average molecular weight is 455 g/mol. The first-order valence-electron chi connectivity index (χ1n) is 11.1. The summed E-state index contributed by atoms with van der Waals surface area (Å²) in [6.07, 6.45) is 5.58. The number of carbonyl (C=O) groups is 1. The summed E-state index contributed by atoms with van der Waals surface area (Å²) in [6.45, 7) is 1.22. The number of rotatable bonds is 7. The Morgan fingerprint density at radius 1 is 1.36 bits per heavy atom. The van der Waals surface area contributed by atoms with Crippen molar-refractivity contribution >= 4 is 28.9 Å². The maximum Gasteiger partial charge on any atom is 0.274 e. The molecule has 3 N–H and O–H groups in total. The largest absolute Gasteiger partial charge is 0.376 e. The molecule has 1 amide bonds. The summed E-state index contributed by atoms with van der Waals surface area (Å²) < 4.78 is 22.1. The summed E-state index contributed by atoms with van der Waals surface area (Å²) in [5, 5.41) is 13.0. The molecule has 1 saturated carbocycles. The molecule has 5 rings (SSSR count). The Morgan fingerprint density at radius 3 is 2.94 bits per heavy atom. The van der Waals surface area contributed by atoms with Crippen molar-refractivity contribution in [1.82, 2.24) is 24.5 Å². The van der Waals surface area contributed by atoms with Crippen LogP contribution in [0.3, 0.4) is 0 Å². The Bertz CT molecular complexity index is 1230. The average Bonchev–Trinajstić information content (AvgIpc) is 3.33. The van der Waals surface area contributed by atoms with E-state index in [1.165, 1.54) is 10.7 Å². The number of halogens is 1. The standard InChI is InChI=1S/C22H26FN7O3/c1-24-19-10-18(28-20-14(11-25-30(19)20)21(31)27-17-9-15(17)23)26-16-6-4-7-29(22(16)32)12-13-5-2-3-8-33-13/h4,6-7,10-11,13,15,17,24H,2-3,5,8-9,12H2,1H3,(H,26,28)(H,27,31)/t13-,15-,17+/m0/s1. The number of ether oxygens (including phenoxy) is 1.